The lowest BCUT2D eigenvalue weighted by atomic mass is 10.1. The summed E-state index contributed by atoms with van der Waals surface area (Å²) < 4.78 is 6.65. The molecule has 0 aliphatic heterocycles. The molecule has 0 bridgehead atoms. The number of anilines is 1. The fourth-order valence-corrected chi connectivity index (χ4v) is 3.19. The van der Waals surface area contributed by atoms with E-state index in [9.17, 15) is 9.59 Å². The van der Waals surface area contributed by atoms with Crippen LogP contribution in [0, 0.1) is 13.8 Å². The predicted octanol–water partition coefficient (Wildman–Crippen LogP) is 2.55. The van der Waals surface area contributed by atoms with Gasteiger partial charge in [-0.3, -0.25) is 9.59 Å². The van der Waals surface area contributed by atoms with Crippen molar-refractivity contribution in [3.05, 3.63) is 59.4 Å². The highest BCUT2D eigenvalue weighted by atomic mass is 16.5. The van der Waals surface area contributed by atoms with Gasteiger partial charge >= 0.3 is 0 Å². The number of rotatable bonds is 7. The van der Waals surface area contributed by atoms with Crippen molar-refractivity contribution < 1.29 is 14.3 Å². The SMILES string of the molecule is COCC(=O)NCc1nc2ccccc2n1CC(=O)Nc1cc(C)cc(C)c1. The van der Waals surface area contributed by atoms with Gasteiger partial charge in [-0.25, -0.2) is 4.98 Å². The summed E-state index contributed by atoms with van der Waals surface area (Å²) in [5.41, 5.74) is 4.56. The van der Waals surface area contributed by atoms with E-state index in [1.807, 2.05) is 54.8 Å². The molecule has 0 fully saturated rings. The molecule has 2 aromatic carbocycles. The molecule has 2 amide bonds. The molecule has 3 aromatic rings. The third kappa shape index (κ3) is 4.75. The molecule has 0 saturated heterocycles. The highest BCUT2D eigenvalue weighted by Gasteiger charge is 2.14. The molecule has 28 heavy (non-hydrogen) atoms. The molecule has 0 atom stereocenters. The van der Waals surface area contributed by atoms with E-state index in [1.165, 1.54) is 7.11 Å². The maximum Gasteiger partial charge on any atom is 0.246 e. The standard InChI is InChI=1S/C21H24N4O3/c1-14-8-15(2)10-16(9-14)23-20(26)12-25-18-7-5-4-6-17(18)24-19(25)11-22-21(27)13-28-3/h4-10H,11-13H2,1-3H3,(H,22,27)(H,23,26). The molecule has 0 aliphatic rings. The number of fused-ring (bicyclic) bond motifs is 1. The Morgan fingerprint density at radius 2 is 1.79 bits per heavy atom. The Labute approximate surface area is 163 Å². The first kappa shape index (κ1) is 19.6. The summed E-state index contributed by atoms with van der Waals surface area (Å²) in [5, 5.41) is 5.70. The molecular formula is C21H24N4O3. The molecule has 0 saturated carbocycles. The normalized spacial score (nSPS) is 10.8. The molecular weight excluding hydrogens is 356 g/mol. The molecule has 1 heterocycles. The van der Waals surface area contributed by atoms with Crippen LogP contribution in [0.25, 0.3) is 11.0 Å². The summed E-state index contributed by atoms with van der Waals surface area (Å²) in [6.45, 7) is 4.28. The number of nitrogens with one attached hydrogen (secondary N) is 2. The number of hydrogen-bond acceptors (Lipinski definition) is 4. The second-order valence-electron chi connectivity index (χ2n) is 6.74. The van der Waals surface area contributed by atoms with Gasteiger partial charge in [0.05, 0.1) is 17.6 Å². The number of methoxy groups -OCH3 is 1. The van der Waals surface area contributed by atoms with E-state index in [4.69, 9.17) is 4.74 Å². The van der Waals surface area contributed by atoms with Crippen LogP contribution in [-0.4, -0.2) is 35.1 Å². The number of aryl methyl sites for hydroxylation is 2. The molecule has 2 N–H and O–H groups in total. The molecule has 7 heteroatoms. The Bertz CT molecular complexity index is 990. The first-order valence-electron chi connectivity index (χ1n) is 9.04. The monoisotopic (exact) mass is 380 g/mol. The Morgan fingerprint density at radius 1 is 1.07 bits per heavy atom. The number of benzene rings is 2. The fourth-order valence-electron chi connectivity index (χ4n) is 3.19. The van der Waals surface area contributed by atoms with Crippen molar-refractivity contribution in [1.82, 2.24) is 14.9 Å². The van der Waals surface area contributed by atoms with Gasteiger partial charge in [0.25, 0.3) is 0 Å². The van der Waals surface area contributed by atoms with Gasteiger partial charge in [0.1, 0.15) is 19.0 Å². The highest BCUT2D eigenvalue weighted by Crippen LogP contribution is 2.17. The summed E-state index contributed by atoms with van der Waals surface area (Å²) in [6.07, 6.45) is 0. The largest absolute Gasteiger partial charge is 0.375 e. The zero-order valence-corrected chi connectivity index (χ0v) is 16.3. The van der Waals surface area contributed by atoms with Crippen LogP contribution < -0.4 is 10.6 Å². The van der Waals surface area contributed by atoms with Crippen molar-refractivity contribution in [2.75, 3.05) is 19.0 Å². The average molecular weight is 380 g/mol. The maximum absolute atomic E-state index is 12.7. The van der Waals surface area contributed by atoms with E-state index in [1.54, 1.807) is 0 Å². The second kappa shape index (κ2) is 8.67. The number of nitrogens with zero attached hydrogens (tertiary/aromatic N) is 2. The van der Waals surface area contributed by atoms with Gasteiger partial charge in [0.2, 0.25) is 11.8 Å². The van der Waals surface area contributed by atoms with Crippen LogP contribution in [0.1, 0.15) is 17.0 Å². The number of hydrogen-bond donors (Lipinski definition) is 2. The van der Waals surface area contributed by atoms with Crippen molar-refractivity contribution >= 4 is 28.5 Å². The number of amides is 2. The lowest BCUT2D eigenvalue weighted by Crippen LogP contribution is -2.29. The fraction of sp³-hybridized carbons (Fsp3) is 0.286. The zero-order chi connectivity index (χ0) is 20.1. The quantitative estimate of drug-likeness (QED) is 0.660. The van der Waals surface area contributed by atoms with Crippen LogP contribution in [0.2, 0.25) is 0 Å². The molecule has 146 valence electrons. The van der Waals surface area contributed by atoms with Gasteiger partial charge in [-0.15, -0.1) is 0 Å². The number of aromatic nitrogens is 2. The summed E-state index contributed by atoms with van der Waals surface area (Å²) in [4.78, 5) is 29.0. The Morgan fingerprint density at radius 3 is 2.50 bits per heavy atom. The summed E-state index contributed by atoms with van der Waals surface area (Å²) in [7, 11) is 1.46. The zero-order valence-electron chi connectivity index (χ0n) is 16.3. The molecule has 0 spiro atoms. The van der Waals surface area contributed by atoms with Crippen LogP contribution >= 0.6 is 0 Å². The minimum absolute atomic E-state index is 0.0204. The van der Waals surface area contributed by atoms with Crippen LogP contribution in [0.15, 0.2) is 42.5 Å². The first-order valence-corrected chi connectivity index (χ1v) is 9.04. The molecule has 3 rings (SSSR count). The predicted molar refractivity (Wildman–Crippen MR) is 108 cm³/mol. The van der Waals surface area contributed by atoms with Gasteiger partial charge in [0.15, 0.2) is 0 Å². The van der Waals surface area contributed by atoms with Gasteiger partial charge in [-0.2, -0.15) is 0 Å². The third-order valence-corrected chi connectivity index (χ3v) is 4.26. The number of ether oxygens (including phenoxy) is 1. The van der Waals surface area contributed by atoms with Crippen LogP contribution in [0.4, 0.5) is 5.69 Å². The minimum atomic E-state index is -0.235. The number of para-hydroxylation sites is 2. The molecule has 7 nitrogen and oxygen atoms in total. The summed E-state index contributed by atoms with van der Waals surface area (Å²) in [5.74, 6) is 0.222. The van der Waals surface area contributed by atoms with Gasteiger partial charge in [-0.05, 0) is 49.2 Å². The van der Waals surface area contributed by atoms with Crippen molar-refractivity contribution in [2.45, 2.75) is 26.9 Å². The molecule has 0 aliphatic carbocycles. The van der Waals surface area contributed by atoms with E-state index >= 15 is 0 Å². The molecule has 0 unspecified atom stereocenters. The van der Waals surface area contributed by atoms with E-state index < -0.39 is 0 Å². The van der Waals surface area contributed by atoms with Gasteiger partial charge in [0, 0.05) is 12.8 Å². The van der Waals surface area contributed by atoms with E-state index in [-0.39, 0.29) is 31.5 Å². The smallest absolute Gasteiger partial charge is 0.246 e. The van der Waals surface area contributed by atoms with Gasteiger partial charge < -0.3 is 19.9 Å². The second-order valence-corrected chi connectivity index (χ2v) is 6.74. The Balaban J connectivity index is 1.81. The number of carbonyl (C=O) groups excluding carboxylic acids is 2. The number of imidazole rings is 1. The van der Waals surface area contributed by atoms with Crippen molar-refractivity contribution in [2.24, 2.45) is 0 Å². The maximum atomic E-state index is 12.7. The highest BCUT2D eigenvalue weighted by molar-refractivity contribution is 5.92. The lowest BCUT2D eigenvalue weighted by Gasteiger charge is -2.11. The van der Waals surface area contributed by atoms with Gasteiger partial charge in [-0.1, -0.05) is 18.2 Å². The topological polar surface area (TPSA) is 85.2 Å². The Kier molecular flexibility index (Phi) is 6.06. The lowest BCUT2D eigenvalue weighted by molar-refractivity contribution is -0.124. The number of carbonyl (C=O) groups is 2. The Hall–Kier alpha value is -3.19. The van der Waals surface area contributed by atoms with E-state index in [0.717, 1.165) is 27.8 Å². The average Bonchev–Trinajstić information content (AvgIpc) is 2.97. The van der Waals surface area contributed by atoms with Crippen molar-refractivity contribution in [3.8, 4) is 0 Å². The van der Waals surface area contributed by atoms with Crippen molar-refractivity contribution in [3.63, 3.8) is 0 Å². The summed E-state index contributed by atoms with van der Waals surface area (Å²) in [6, 6.07) is 13.5. The third-order valence-electron chi connectivity index (χ3n) is 4.26. The molecule has 0 radical (unpaired) electrons. The van der Waals surface area contributed by atoms with Crippen LogP contribution in [-0.2, 0) is 27.4 Å². The van der Waals surface area contributed by atoms with Crippen molar-refractivity contribution in [1.29, 1.82) is 0 Å². The first-order chi connectivity index (χ1) is 13.5. The van der Waals surface area contributed by atoms with Crippen LogP contribution in [0.5, 0.6) is 0 Å². The van der Waals surface area contributed by atoms with E-state index in [0.29, 0.717) is 5.82 Å². The van der Waals surface area contributed by atoms with E-state index in [2.05, 4.69) is 21.7 Å². The van der Waals surface area contributed by atoms with Crippen LogP contribution in [0.3, 0.4) is 0 Å². The summed E-state index contributed by atoms with van der Waals surface area (Å²) >= 11 is 0. The molecule has 1 aromatic heterocycles. The minimum Gasteiger partial charge on any atom is -0.375 e.